The Hall–Kier alpha value is -1.36. The second-order valence-electron chi connectivity index (χ2n) is 6.88. The molecule has 5 heteroatoms. The van der Waals surface area contributed by atoms with Crippen LogP contribution in [-0.4, -0.2) is 25.8 Å². The molecule has 1 atom stereocenters. The quantitative estimate of drug-likeness (QED) is 0.761. The van der Waals surface area contributed by atoms with Gasteiger partial charge in [-0.2, -0.15) is 4.31 Å². The predicted octanol–water partition coefficient (Wildman–Crippen LogP) is 4.92. The highest BCUT2D eigenvalue weighted by molar-refractivity contribution is 7.89. The van der Waals surface area contributed by atoms with Crippen LogP contribution in [-0.2, 0) is 10.0 Å². The summed E-state index contributed by atoms with van der Waals surface area (Å²) in [7, 11) is -3.48. The molecule has 1 aliphatic heterocycles. The normalized spacial score (nSPS) is 19.6. The molecule has 0 aliphatic carbocycles. The molecule has 0 spiro atoms. The summed E-state index contributed by atoms with van der Waals surface area (Å²) in [6.45, 7) is 4.90. The van der Waals surface area contributed by atoms with Crippen LogP contribution >= 0.6 is 11.6 Å². The summed E-state index contributed by atoms with van der Waals surface area (Å²) >= 11 is 5.99. The first-order valence-electron chi connectivity index (χ1n) is 8.71. The molecule has 0 radical (unpaired) electrons. The Balaban J connectivity index is 1.92. The van der Waals surface area contributed by atoms with Crippen molar-refractivity contribution in [2.24, 2.45) is 0 Å². The van der Waals surface area contributed by atoms with E-state index in [0.29, 0.717) is 23.0 Å². The van der Waals surface area contributed by atoms with Crippen LogP contribution in [0.1, 0.15) is 41.9 Å². The molecule has 1 unspecified atom stereocenters. The Labute approximate surface area is 155 Å². The van der Waals surface area contributed by atoms with Crippen molar-refractivity contribution in [3.63, 3.8) is 0 Å². The van der Waals surface area contributed by atoms with E-state index in [1.165, 1.54) is 0 Å². The first-order chi connectivity index (χ1) is 11.9. The lowest BCUT2D eigenvalue weighted by molar-refractivity contribution is 0.406. The van der Waals surface area contributed by atoms with E-state index in [1.54, 1.807) is 10.4 Å². The summed E-state index contributed by atoms with van der Waals surface area (Å²) in [5, 5.41) is 0.706. The van der Waals surface area contributed by atoms with Crippen LogP contribution in [0.3, 0.4) is 0 Å². The number of nitrogens with zero attached hydrogens (tertiary/aromatic N) is 1. The molecule has 1 saturated heterocycles. The fraction of sp³-hybridized carbons (Fsp3) is 0.400. The fourth-order valence-electron chi connectivity index (χ4n) is 3.46. The van der Waals surface area contributed by atoms with E-state index in [0.717, 1.165) is 36.0 Å². The first-order valence-corrected chi connectivity index (χ1v) is 10.5. The highest BCUT2D eigenvalue weighted by Gasteiger charge is 2.30. The van der Waals surface area contributed by atoms with Crippen molar-refractivity contribution >= 4 is 21.6 Å². The third kappa shape index (κ3) is 4.08. The van der Waals surface area contributed by atoms with Crippen LogP contribution in [0.5, 0.6) is 0 Å². The number of hydrogen-bond acceptors (Lipinski definition) is 2. The Bertz CT molecular complexity index is 846. The van der Waals surface area contributed by atoms with Crippen molar-refractivity contribution in [3.8, 4) is 0 Å². The van der Waals surface area contributed by atoms with E-state index in [9.17, 15) is 8.42 Å². The zero-order valence-corrected chi connectivity index (χ0v) is 16.3. The molecular weight excluding hydrogens is 354 g/mol. The van der Waals surface area contributed by atoms with E-state index < -0.39 is 10.0 Å². The third-order valence-electron chi connectivity index (χ3n) is 4.94. The minimum Gasteiger partial charge on any atom is -0.207 e. The van der Waals surface area contributed by atoms with Crippen LogP contribution < -0.4 is 0 Å². The molecule has 25 heavy (non-hydrogen) atoms. The van der Waals surface area contributed by atoms with Gasteiger partial charge in [-0.1, -0.05) is 42.3 Å². The van der Waals surface area contributed by atoms with Gasteiger partial charge >= 0.3 is 0 Å². The van der Waals surface area contributed by atoms with Crippen LogP contribution in [0.4, 0.5) is 0 Å². The van der Waals surface area contributed by atoms with E-state index in [-0.39, 0.29) is 5.92 Å². The largest absolute Gasteiger partial charge is 0.243 e. The molecule has 0 saturated carbocycles. The van der Waals surface area contributed by atoms with Crippen LogP contribution in [0.2, 0.25) is 5.02 Å². The molecule has 0 bridgehead atoms. The number of sulfonamides is 1. The number of rotatable bonds is 3. The minimum atomic E-state index is -3.48. The summed E-state index contributed by atoms with van der Waals surface area (Å²) in [5.41, 5.74) is 2.93. The van der Waals surface area contributed by atoms with Crippen molar-refractivity contribution in [2.45, 2.75) is 43.9 Å². The third-order valence-corrected chi connectivity index (χ3v) is 7.20. The molecule has 1 aliphatic rings. The minimum absolute atomic E-state index is 0.208. The zero-order chi connectivity index (χ0) is 18.0. The van der Waals surface area contributed by atoms with Gasteiger partial charge in [0, 0.05) is 18.1 Å². The molecule has 134 valence electrons. The summed E-state index contributed by atoms with van der Waals surface area (Å²) in [4.78, 5) is 0.434. The SMILES string of the molecule is Cc1ccc(C)c(S(=O)(=O)N2CCCCC(c3ccc(Cl)cc3)C2)c1. The molecule has 1 fully saturated rings. The van der Waals surface area contributed by atoms with Gasteiger partial charge in [0.1, 0.15) is 0 Å². The standard InChI is InChI=1S/C20H24ClNO2S/c1-15-6-7-16(2)20(13-15)25(23,24)22-12-4-3-5-18(14-22)17-8-10-19(21)11-9-17/h6-11,13,18H,3-5,12,14H2,1-2H3. The molecule has 3 nitrogen and oxygen atoms in total. The van der Waals surface area contributed by atoms with E-state index in [4.69, 9.17) is 11.6 Å². The van der Waals surface area contributed by atoms with Gasteiger partial charge in [-0.25, -0.2) is 8.42 Å². The first kappa shape index (κ1) is 18.4. The van der Waals surface area contributed by atoms with Gasteiger partial charge in [0.25, 0.3) is 0 Å². The molecule has 0 aromatic heterocycles. The number of aryl methyl sites for hydroxylation is 2. The van der Waals surface area contributed by atoms with Gasteiger partial charge in [-0.3, -0.25) is 0 Å². The predicted molar refractivity (Wildman–Crippen MR) is 103 cm³/mol. The van der Waals surface area contributed by atoms with Crippen molar-refractivity contribution in [1.82, 2.24) is 4.31 Å². The fourth-order valence-corrected chi connectivity index (χ4v) is 5.42. The maximum Gasteiger partial charge on any atom is 0.243 e. The molecule has 3 rings (SSSR count). The van der Waals surface area contributed by atoms with Crippen LogP contribution in [0, 0.1) is 13.8 Å². The van der Waals surface area contributed by atoms with E-state index in [1.807, 2.05) is 50.2 Å². The van der Waals surface area contributed by atoms with Crippen molar-refractivity contribution in [3.05, 3.63) is 64.2 Å². The van der Waals surface area contributed by atoms with Gasteiger partial charge in [0.2, 0.25) is 10.0 Å². The number of benzene rings is 2. The lowest BCUT2D eigenvalue weighted by Crippen LogP contribution is -2.34. The van der Waals surface area contributed by atoms with Crippen molar-refractivity contribution in [1.29, 1.82) is 0 Å². The van der Waals surface area contributed by atoms with Crippen LogP contribution in [0.25, 0.3) is 0 Å². The molecular formula is C20H24ClNO2S. The van der Waals surface area contributed by atoms with Gasteiger partial charge in [0.15, 0.2) is 0 Å². The molecule has 2 aromatic rings. The average molecular weight is 378 g/mol. The van der Waals surface area contributed by atoms with Crippen molar-refractivity contribution < 1.29 is 8.42 Å². The Morgan fingerprint density at radius 3 is 2.48 bits per heavy atom. The lowest BCUT2D eigenvalue weighted by atomic mass is 9.95. The lowest BCUT2D eigenvalue weighted by Gasteiger charge is -2.25. The second kappa shape index (κ2) is 7.48. The smallest absolute Gasteiger partial charge is 0.207 e. The van der Waals surface area contributed by atoms with Gasteiger partial charge in [-0.15, -0.1) is 0 Å². The van der Waals surface area contributed by atoms with Crippen molar-refractivity contribution in [2.75, 3.05) is 13.1 Å². The summed E-state index contributed by atoms with van der Waals surface area (Å²) in [5.74, 6) is 0.208. The van der Waals surface area contributed by atoms with E-state index >= 15 is 0 Å². The summed E-state index contributed by atoms with van der Waals surface area (Å²) < 4.78 is 28.2. The van der Waals surface area contributed by atoms with Gasteiger partial charge in [-0.05, 0) is 67.5 Å². The maximum absolute atomic E-state index is 13.2. The molecule has 0 amide bonds. The van der Waals surface area contributed by atoms with Gasteiger partial charge in [0.05, 0.1) is 4.90 Å². The Morgan fingerprint density at radius 2 is 1.76 bits per heavy atom. The second-order valence-corrected chi connectivity index (χ2v) is 9.22. The van der Waals surface area contributed by atoms with Crippen LogP contribution in [0.15, 0.2) is 47.4 Å². The Kier molecular flexibility index (Phi) is 5.52. The molecule has 1 heterocycles. The Morgan fingerprint density at radius 1 is 1.04 bits per heavy atom. The summed E-state index contributed by atoms with van der Waals surface area (Å²) in [6, 6.07) is 13.4. The highest BCUT2D eigenvalue weighted by atomic mass is 35.5. The van der Waals surface area contributed by atoms with Gasteiger partial charge < -0.3 is 0 Å². The zero-order valence-electron chi connectivity index (χ0n) is 14.7. The molecule has 0 N–H and O–H groups in total. The topological polar surface area (TPSA) is 37.4 Å². The maximum atomic E-state index is 13.2. The molecule has 2 aromatic carbocycles. The average Bonchev–Trinajstić information content (AvgIpc) is 2.84. The highest BCUT2D eigenvalue weighted by Crippen LogP contribution is 2.31. The van der Waals surface area contributed by atoms with E-state index in [2.05, 4.69) is 0 Å². The number of halogens is 1. The number of hydrogen-bond donors (Lipinski definition) is 0. The summed E-state index contributed by atoms with van der Waals surface area (Å²) in [6.07, 6.45) is 2.93. The monoisotopic (exact) mass is 377 g/mol.